The minimum Gasteiger partial charge on any atom is -0.456 e. The fraction of sp³-hybridized carbons (Fsp3) is 0.500. The van der Waals surface area contributed by atoms with E-state index >= 15 is 0 Å². The van der Waals surface area contributed by atoms with Gasteiger partial charge in [0.05, 0.1) is 11.3 Å². The molecule has 24 heavy (non-hydrogen) atoms. The van der Waals surface area contributed by atoms with Crippen LogP contribution in [0.4, 0.5) is 0 Å². The number of hydrogen-bond acceptors (Lipinski definition) is 5. The summed E-state index contributed by atoms with van der Waals surface area (Å²) >= 11 is 0. The summed E-state index contributed by atoms with van der Waals surface area (Å²) in [6, 6.07) is 5.14. The van der Waals surface area contributed by atoms with Crippen molar-refractivity contribution in [2.45, 2.75) is 38.5 Å². The van der Waals surface area contributed by atoms with E-state index in [1.807, 2.05) is 13.0 Å². The number of amides is 1. The van der Waals surface area contributed by atoms with E-state index in [1.54, 1.807) is 26.0 Å². The van der Waals surface area contributed by atoms with Crippen molar-refractivity contribution in [2.24, 2.45) is 0 Å². The molecule has 0 spiro atoms. The Morgan fingerprint density at radius 2 is 1.88 bits per heavy atom. The van der Waals surface area contributed by atoms with Crippen LogP contribution in [0, 0.1) is 13.8 Å². The molecule has 2 N–H and O–H groups in total. The van der Waals surface area contributed by atoms with Gasteiger partial charge in [-0.3, -0.25) is 9.59 Å². The highest BCUT2D eigenvalue weighted by Gasteiger charge is 2.17. The number of hydrogen-bond donors (Lipinski definition) is 2. The van der Waals surface area contributed by atoms with Crippen LogP contribution in [0.3, 0.4) is 0 Å². The van der Waals surface area contributed by atoms with Crippen LogP contribution >= 0.6 is 0 Å². The molecule has 0 bridgehead atoms. The number of aryl methyl sites for hydroxylation is 2. The summed E-state index contributed by atoms with van der Waals surface area (Å²) in [7, 11) is -3.69. The minimum absolute atomic E-state index is 0.0921. The molecule has 0 heterocycles. The molecule has 7 nitrogen and oxygen atoms in total. The SMILES string of the molecule is CCCNC(=O)COC(=O)CCNS(=O)(=O)c1cc(C)ccc1C. The van der Waals surface area contributed by atoms with E-state index in [4.69, 9.17) is 4.74 Å². The van der Waals surface area contributed by atoms with Crippen molar-refractivity contribution in [1.82, 2.24) is 10.0 Å². The molecule has 0 saturated heterocycles. The van der Waals surface area contributed by atoms with Gasteiger partial charge in [-0.2, -0.15) is 0 Å². The number of rotatable bonds is 9. The Kier molecular flexibility index (Phi) is 7.87. The van der Waals surface area contributed by atoms with E-state index in [0.29, 0.717) is 12.1 Å². The third-order valence-electron chi connectivity index (χ3n) is 3.19. The van der Waals surface area contributed by atoms with Crippen LogP contribution in [-0.4, -0.2) is 40.0 Å². The summed E-state index contributed by atoms with van der Waals surface area (Å²) < 4.78 is 31.6. The quantitative estimate of drug-likeness (QED) is 0.644. The van der Waals surface area contributed by atoms with Gasteiger partial charge < -0.3 is 10.1 Å². The molecule has 0 unspecified atom stereocenters. The molecular weight excluding hydrogens is 332 g/mol. The Hall–Kier alpha value is -1.93. The topological polar surface area (TPSA) is 102 Å². The Bertz CT molecular complexity index is 686. The highest BCUT2D eigenvalue weighted by atomic mass is 32.2. The molecule has 0 aliphatic heterocycles. The molecule has 0 aromatic heterocycles. The highest BCUT2D eigenvalue weighted by Crippen LogP contribution is 2.16. The molecule has 1 aromatic carbocycles. The van der Waals surface area contributed by atoms with Crippen molar-refractivity contribution >= 4 is 21.9 Å². The van der Waals surface area contributed by atoms with Crippen LogP contribution in [0.25, 0.3) is 0 Å². The zero-order chi connectivity index (χ0) is 18.2. The van der Waals surface area contributed by atoms with Gasteiger partial charge >= 0.3 is 5.97 Å². The van der Waals surface area contributed by atoms with E-state index in [2.05, 4.69) is 10.0 Å². The number of ether oxygens (including phenoxy) is 1. The number of carbonyl (C=O) groups is 2. The average Bonchev–Trinajstić information content (AvgIpc) is 2.52. The molecule has 0 atom stereocenters. The minimum atomic E-state index is -3.69. The molecule has 1 amide bonds. The average molecular weight is 356 g/mol. The van der Waals surface area contributed by atoms with E-state index in [0.717, 1.165) is 12.0 Å². The van der Waals surface area contributed by atoms with Gasteiger partial charge in [-0.05, 0) is 37.5 Å². The molecular formula is C16H24N2O5S. The Morgan fingerprint density at radius 1 is 1.17 bits per heavy atom. The maximum atomic E-state index is 12.2. The molecule has 0 fully saturated rings. The van der Waals surface area contributed by atoms with E-state index < -0.39 is 16.0 Å². The fourth-order valence-electron chi connectivity index (χ4n) is 1.90. The highest BCUT2D eigenvalue weighted by molar-refractivity contribution is 7.89. The van der Waals surface area contributed by atoms with Crippen LogP contribution in [0.5, 0.6) is 0 Å². The molecule has 0 radical (unpaired) electrons. The molecule has 1 rings (SSSR count). The smallest absolute Gasteiger partial charge is 0.307 e. The second kappa shape index (κ2) is 9.39. The van der Waals surface area contributed by atoms with Crippen LogP contribution in [0.1, 0.15) is 30.9 Å². The van der Waals surface area contributed by atoms with Gasteiger partial charge in [-0.25, -0.2) is 13.1 Å². The number of sulfonamides is 1. The lowest BCUT2D eigenvalue weighted by molar-refractivity contribution is -0.148. The van der Waals surface area contributed by atoms with Crippen molar-refractivity contribution in [2.75, 3.05) is 19.7 Å². The Labute approximate surface area is 142 Å². The lowest BCUT2D eigenvalue weighted by atomic mass is 10.2. The van der Waals surface area contributed by atoms with Gasteiger partial charge in [0.25, 0.3) is 5.91 Å². The molecule has 0 aliphatic rings. The monoisotopic (exact) mass is 356 g/mol. The Morgan fingerprint density at radius 3 is 2.54 bits per heavy atom. The predicted molar refractivity (Wildman–Crippen MR) is 90.0 cm³/mol. The van der Waals surface area contributed by atoms with Crippen molar-refractivity contribution in [3.05, 3.63) is 29.3 Å². The summed E-state index contributed by atoms with van der Waals surface area (Å²) in [5, 5.41) is 2.57. The fourth-order valence-corrected chi connectivity index (χ4v) is 3.25. The summed E-state index contributed by atoms with van der Waals surface area (Å²) in [6.45, 7) is 5.49. The number of carbonyl (C=O) groups excluding carboxylic acids is 2. The maximum Gasteiger partial charge on any atom is 0.307 e. The largest absolute Gasteiger partial charge is 0.456 e. The van der Waals surface area contributed by atoms with E-state index in [1.165, 1.54) is 0 Å². The Balaban J connectivity index is 2.44. The van der Waals surface area contributed by atoms with E-state index in [-0.39, 0.29) is 30.4 Å². The first-order valence-corrected chi connectivity index (χ1v) is 9.24. The normalized spacial score (nSPS) is 11.1. The van der Waals surface area contributed by atoms with Crippen molar-refractivity contribution < 1.29 is 22.7 Å². The summed E-state index contributed by atoms with van der Waals surface area (Å²) in [4.78, 5) is 23.0. The summed E-state index contributed by atoms with van der Waals surface area (Å²) in [5.74, 6) is -1.01. The zero-order valence-corrected chi connectivity index (χ0v) is 15.0. The predicted octanol–water partition coefficient (Wildman–Crippen LogP) is 1.04. The standard InChI is InChI=1S/C16H24N2O5S/c1-4-8-17-15(19)11-23-16(20)7-9-18-24(21,22)14-10-12(2)5-6-13(14)3/h5-6,10,18H,4,7-9,11H2,1-3H3,(H,17,19). The first-order valence-electron chi connectivity index (χ1n) is 7.75. The zero-order valence-electron chi connectivity index (χ0n) is 14.2. The van der Waals surface area contributed by atoms with Crippen LogP contribution in [0.2, 0.25) is 0 Å². The van der Waals surface area contributed by atoms with Crippen LogP contribution < -0.4 is 10.0 Å². The van der Waals surface area contributed by atoms with E-state index in [9.17, 15) is 18.0 Å². The molecule has 134 valence electrons. The van der Waals surface area contributed by atoms with Crippen molar-refractivity contribution in [3.63, 3.8) is 0 Å². The van der Waals surface area contributed by atoms with Gasteiger partial charge in [0, 0.05) is 13.1 Å². The van der Waals surface area contributed by atoms with Crippen LogP contribution in [-0.2, 0) is 24.3 Å². The maximum absolute atomic E-state index is 12.2. The van der Waals surface area contributed by atoms with Crippen molar-refractivity contribution in [3.8, 4) is 0 Å². The molecule has 1 aromatic rings. The van der Waals surface area contributed by atoms with Gasteiger partial charge in [0.15, 0.2) is 6.61 Å². The molecule has 0 aliphatic carbocycles. The third-order valence-corrected chi connectivity index (χ3v) is 4.79. The lowest BCUT2D eigenvalue weighted by Crippen LogP contribution is -2.31. The van der Waals surface area contributed by atoms with Gasteiger partial charge in [0.2, 0.25) is 10.0 Å². The lowest BCUT2D eigenvalue weighted by Gasteiger charge is -2.10. The van der Waals surface area contributed by atoms with Gasteiger partial charge in [0.1, 0.15) is 0 Å². The number of benzene rings is 1. The summed E-state index contributed by atoms with van der Waals surface area (Å²) in [5.41, 5.74) is 1.46. The first kappa shape index (κ1) is 20.1. The first-order chi connectivity index (χ1) is 11.3. The second-order valence-electron chi connectivity index (χ2n) is 5.43. The van der Waals surface area contributed by atoms with Gasteiger partial charge in [-0.1, -0.05) is 19.1 Å². The number of esters is 1. The van der Waals surface area contributed by atoms with Gasteiger partial charge in [-0.15, -0.1) is 0 Å². The second-order valence-corrected chi connectivity index (χ2v) is 7.16. The third kappa shape index (κ3) is 6.67. The number of nitrogens with one attached hydrogen (secondary N) is 2. The summed E-state index contributed by atoms with van der Waals surface area (Å²) in [6.07, 6.45) is 0.644. The molecule has 8 heteroatoms. The van der Waals surface area contributed by atoms with Crippen molar-refractivity contribution in [1.29, 1.82) is 0 Å². The van der Waals surface area contributed by atoms with Crippen LogP contribution in [0.15, 0.2) is 23.1 Å². The molecule has 0 saturated carbocycles.